The molecular weight excluding hydrogens is 328 g/mol. The molecule has 1 saturated heterocycles. The average Bonchev–Trinajstić information content (AvgIpc) is 2.95. The first-order chi connectivity index (χ1) is 11.3. The maximum absolute atomic E-state index is 12.3. The summed E-state index contributed by atoms with van der Waals surface area (Å²) in [6, 6.07) is 5.19. The lowest BCUT2D eigenvalue weighted by molar-refractivity contribution is 0.0432. The SMILES string of the molecule is CN1CCN(CCS(=O)(=O)Oc2ccc3c(c2)CCO3)CC1(C)C. The van der Waals surface area contributed by atoms with Crippen molar-refractivity contribution in [1.82, 2.24) is 9.80 Å². The number of nitrogens with zero attached hydrogens (tertiary/aromatic N) is 2. The molecule has 1 fully saturated rings. The summed E-state index contributed by atoms with van der Waals surface area (Å²) in [5.41, 5.74) is 1.06. The lowest BCUT2D eigenvalue weighted by Gasteiger charge is -2.45. The Bertz CT molecular complexity index is 703. The highest BCUT2D eigenvalue weighted by molar-refractivity contribution is 7.87. The van der Waals surface area contributed by atoms with Crippen LogP contribution in [0.2, 0.25) is 0 Å². The van der Waals surface area contributed by atoms with Gasteiger partial charge in [-0.25, -0.2) is 0 Å². The summed E-state index contributed by atoms with van der Waals surface area (Å²) in [6.45, 7) is 8.17. The first-order valence-corrected chi connectivity index (χ1v) is 9.94. The molecule has 6 nitrogen and oxygen atoms in total. The monoisotopic (exact) mass is 354 g/mol. The molecule has 0 bridgehead atoms. The zero-order chi connectivity index (χ0) is 17.4. The molecule has 0 spiro atoms. The number of ether oxygens (including phenoxy) is 1. The smallest absolute Gasteiger partial charge is 0.310 e. The van der Waals surface area contributed by atoms with Crippen molar-refractivity contribution < 1.29 is 17.3 Å². The van der Waals surface area contributed by atoms with E-state index in [0.717, 1.165) is 37.4 Å². The molecule has 24 heavy (non-hydrogen) atoms. The van der Waals surface area contributed by atoms with Crippen LogP contribution in [0, 0.1) is 0 Å². The third-order valence-corrected chi connectivity index (χ3v) is 6.07. The first-order valence-electron chi connectivity index (χ1n) is 8.37. The molecule has 2 aliphatic heterocycles. The highest BCUT2D eigenvalue weighted by atomic mass is 32.2. The van der Waals surface area contributed by atoms with Crippen LogP contribution in [0.25, 0.3) is 0 Å². The maximum atomic E-state index is 12.3. The minimum Gasteiger partial charge on any atom is -0.493 e. The fourth-order valence-electron chi connectivity index (χ4n) is 3.18. The molecular formula is C17H26N2O4S. The number of rotatable bonds is 5. The van der Waals surface area contributed by atoms with E-state index >= 15 is 0 Å². The van der Waals surface area contributed by atoms with Gasteiger partial charge in [0.1, 0.15) is 11.5 Å². The molecule has 3 rings (SSSR count). The highest BCUT2D eigenvalue weighted by Gasteiger charge is 2.31. The summed E-state index contributed by atoms with van der Waals surface area (Å²) in [5.74, 6) is 1.19. The molecule has 0 aliphatic carbocycles. The Morgan fingerprint density at radius 3 is 2.83 bits per heavy atom. The number of likely N-dealkylation sites (N-methyl/N-ethyl adjacent to an activating group) is 1. The number of fused-ring (bicyclic) bond motifs is 1. The van der Waals surface area contributed by atoms with Gasteiger partial charge in [0.05, 0.1) is 12.4 Å². The van der Waals surface area contributed by atoms with E-state index in [9.17, 15) is 8.42 Å². The van der Waals surface area contributed by atoms with Gasteiger partial charge in [0.15, 0.2) is 0 Å². The van der Waals surface area contributed by atoms with E-state index in [1.54, 1.807) is 18.2 Å². The summed E-state index contributed by atoms with van der Waals surface area (Å²) in [4.78, 5) is 4.50. The Balaban J connectivity index is 1.57. The van der Waals surface area contributed by atoms with Gasteiger partial charge in [-0.1, -0.05) is 0 Å². The second kappa shape index (κ2) is 6.54. The van der Waals surface area contributed by atoms with E-state index in [0.29, 0.717) is 18.9 Å². The van der Waals surface area contributed by atoms with Crippen LogP contribution in [-0.4, -0.2) is 69.3 Å². The van der Waals surface area contributed by atoms with E-state index in [4.69, 9.17) is 8.92 Å². The maximum Gasteiger partial charge on any atom is 0.310 e. The van der Waals surface area contributed by atoms with Gasteiger partial charge in [-0.2, -0.15) is 8.42 Å². The van der Waals surface area contributed by atoms with E-state index in [1.807, 2.05) is 0 Å². The van der Waals surface area contributed by atoms with Crippen LogP contribution < -0.4 is 8.92 Å². The average molecular weight is 354 g/mol. The minimum absolute atomic E-state index is 0.000376. The third-order valence-electron chi connectivity index (χ3n) is 4.94. The molecule has 0 aromatic heterocycles. The van der Waals surface area contributed by atoms with Crippen LogP contribution in [0.1, 0.15) is 19.4 Å². The van der Waals surface area contributed by atoms with Crippen molar-refractivity contribution in [3.63, 3.8) is 0 Å². The summed E-state index contributed by atoms with van der Waals surface area (Å²) in [5, 5.41) is 0. The lowest BCUT2D eigenvalue weighted by atomic mass is 10.00. The number of benzene rings is 1. The van der Waals surface area contributed by atoms with Gasteiger partial charge in [-0.05, 0) is 39.1 Å². The zero-order valence-corrected chi connectivity index (χ0v) is 15.4. The Morgan fingerprint density at radius 1 is 1.29 bits per heavy atom. The molecule has 0 radical (unpaired) electrons. The second-order valence-electron chi connectivity index (χ2n) is 7.22. The Morgan fingerprint density at radius 2 is 2.08 bits per heavy atom. The van der Waals surface area contributed by atoms with E-state index in [1.165, 1.54) is 0 Å². The predicted molar refractivity (Wildman–Crippen MR) is 93.2 cm³/mol. The molecule has 0 unspecified atom stereocenters. The highest BCUT2D eigenvalue weighted by Crippen LogP contribution is 2.29. The number of hydrogen-bond acceptors (Lipinski definition) is 6. The van der Waals surface area contributed by atoms with E-state index < -0.39 is 10.1 Å². The first kappa shape index (κ1) is 17.5. The van der Waals surface area contributed by atoms with Gasteiger partial charge in [-0.15, -0.1) is 0 Å². The molecule has 0 N–H and O–H groups in total. The zero-order valence-electron chi connectivity index (χ0n) is 14.6. The van der Waals surface area contributed by atoms with Crippen molar-refractivity contribution in [2.45, 2.75) is 25.8 Å². The number of hydrogen-bond donors (Lipinski definition) is 0. The topological polar surface area (TPSA) is 59.1 Å². The van der Waals surface area contributed by atoms with E-state index in [-0.39, 0.29) is 11.3 Å². The van der Waals surface area contributed by atoms with Gasteiger partial charge >= 0.3 is 10.1 Å². The molecule has 0 atom stereocenters. The molecule has 0 amide bonds. The summed E-state index contributed by atoms with van der Waals surface area (Å²) < 4.78 is 35.2. The normalized spacial score (nSPS) is 21.3. The largest absolute Gasteiger partial charge is 0.493 e. The van der Waals surface area contributed by atoms with Gasteiger partial charge in [0.2, 0.25) is 0 Å². The Hall–Kier alpha value is -1.31. The fourth-order valence-corrected chi connectivity index (χ4v) is 4.14. The summed E-state index contributed by atoms with van der Waals surface area (Å²) in [7, 11) is -1.49. The van der Waals surface area contributed by atoms with Gasteiger partial charge < -0.3 is 8.92 Å². The van der Waals surface area contributed by atoms with Crippen LogP contribution in [-0.2, 0) is 16.5 Å². The predicted octanol–water partition coefficient (Wildman–Crippen LogP) is 1.36. The Kier molecular flexibility index (Phi) is 4.77. The molecule has 0 saturated carbocycles. The van der Waals surface area contributed by atoms with E-state index in [2.05, 4.69) is 30.7 Å². The molecule has 1 aromatic rings. The molecule has 2 aliphatic rings. The van der Waals surface area contributed by atoms with Crippen LogP contribution >= 0.6 is 0 Å². The fraction of sp³-hybridized carbons (Fsp3) is 0.647. The van der Waals surface area contributed by atoms with Crippen LogP contribution in [0.5, 0.6) is 11.5 Å². The molecule has 1 aromatic carbocycles. The number of piperazine rings is 1. The molecule has 7 heteroatoms. The molecule has 134 valence electrons. The van der Waals surface area contributed by atoms with Crippen molar-refractivity contribution in [1.29, 1.82) is 0 Å². The van der Waals surface area contributed by atoms with Crippen LogP contribution in [0.3, 0.4) is 0 Å². The van der Waals surface area contributed by atoms with Crippen LogP contribution in [0.15, 0.2) is 18.2 Å². The van der Waals surface area contributed by atoms with Crippen molar-refractivity contribution >= 4 is 10.1 Å². The molecule has 2 heterocycles. The summed E-state index contributed by atoms with van der Waals surface area (Å²) >= 11 is 0. The standard InChI is InChI=1S/C17H26N2O4S/c1-17(2)13-19(8-7-18(17)3)9-11-24(20,21)23-15-4-5-16-14(12-15)6-10-22-16/h4-5,12H,6-11,13H2,1-3H3. The van der Waals surface area contributed by atoms with Crippen molar-refractivity contribution in [2.75, 3.05) is 45.6 Å². The quantitative estimate of drug-likeness (QED) is 0.744. The van der Waals surface area contributed by atoms with Gasteiger partial charge in [0.25, 0.3) is 0 Å². The summed E-state index contributed by atoms with van der Waals surface area (Å²) in [6.07, 6.45) is 0.795. The van der Waals surface area contributed by atoms with Gasteiger partial charge in [0, 0.05) is 43.7 Å². The third kappa shape index (κ3) is 4.02. The van der Waals surface area contributed by atoms with Crippen molar-refractivity contribution in [3.8, 4) is 11.5 Å². The second-order valence-corrected chi connectivity index (χ2v) is 8.91. The van der Waals surface area contributed by atoms with Crippen LogP contribution in [0.4, 0.5) is 0 Å². The van der Waals surface area contributed by atoms with Gasteiger partial charge in [-0.3, -0.25) is 9.80 Å². The lowest BCUT2D eigenvalue weighted by Crippen LogP contribution is -2.58. The minimum atomic E-state index is -3.60. The Labute approximate surface area is 144 Å². The van der Waals surface area contributed by atoms with Crippen molar-refractivity contribution in [2.24, 2.45) is 0 Å². The van der Waals surface area contributed by atoms with Crippen molar-refractivity contribution in [3.05, 3.63) is 23.8 Å².